The minimum absolute atomic E-state index is 0.732. The fourth-order valence-electron chi connectivity index (χ4n) is 1.67. The van der Waals surface area contributed by atoms with E-state index in [1.54, 1.807) is 11.8 Å². The van der Waals surface area contributed by atoms with Gasteiger partial charge in [-0.15, -0.1) is 0 Å². The van der Waals surface area contributed by atoms with Crippen LogP contribution in [0.25, 0.3) is 0 Å². The number of rotatable bonds is 3. The zero-order valence-corrected chi connectivity index (χ0v) is 10.8. The van der Waals surface area contributed by atoms with Crippen molar-refractivity contribution < 1.29 is 4.79 Å². The molecule has 0 radical (unpaired) electrons. The summed E-state index contributed by atoms with van der Waals surface area (Å²) >= 11 is 1.73. The summed E-state index contributed by atoms with van der Waals surface area (Å²) in [7, 11) is 0. The van der Waals surface area contributed by atoms with Gasteiger partial charge in [-0.3, -0.25) is 4.79 Å². The van der Waals surface area contributed by atoms with Gasteiger partial charge in [0.25, 0.3) is 0 Å². The van der Waals surface area contributed by atoms with Crippen molar-refractivity contribution >= 4 is 18.0 Å². The molecule has 0 aliphatic heterocycles. The predicted molar refractivity (Wildman–Crippen MR) is 71.9 cm³/mol. The van der Waals surface area contributed by atoms with Crippen LogP contribution in [-0.4, -0.2) is 6.29 Å². The predicted octanol–water partition coefficient (Wildman–Crippen LogP) is 4.27. The van der Waals surface area contributed by atoms with Crippen LogP contribution in [0.5, 0.6) is 0 Å². The Kier molecular flexibility index (Phi) is 3.64. The largest absolute Gasteiger partial charge is 0.298 e. The van der Waals surface area contributed by atoms with Crippen LogP contribution in [-0.2, 0) is 0 Å². The summed E-state index contributed by atoms with van der Waals surface area (Å²) in [5.41, 5.74) is 3.13. The van der Waals surface area contributed by atoms with Gasteiger partial charge in [-0.1, -0.05) is 35.5 Å². The Bertz CT molecular complexity index is 546. The van der Waals surface area contributed by atoms with Gasteiger partial charge in [0.2, 0.25) is 0 Å². The number of benzene rings is 2. The Labute approximate surface area is 106 Å². The summed E-state index contributed by atoms with van der Waals surface area (Å²) < 4.78 is 0. The van der Waals surface area contributed by atoms with Crippen LogP contribution in [0.3, 0.4) is 0 Å². The fraction of sp³-hybridized carbons (Fsp3) is 0.133. The SMILES string of the molecule is Cc1cccc(Sc2ccc(C=O)cc2C)c1. The molecule has 2 rings (SSSR count). The summed E-state index contributed by atoms with van der Waals surface area (Å²) in [6.45, 7) is 4.12. The Hall–Kier alpha value is -1.54. The van der Waals surface area contributed by atoms with E-state index in [0.29, 0.717) is 0 Å². The molecular formula is C15H14OS. The lowest BCUT2D eigenvalue weighted by Crippen LogP contribution is -1.85. The van der Waals surface area contributed by atoms with E-state index in [0.717, 1.165) is 17.4 Å². The second-order valence-corrected chi connectivity index (χ2v) is 5.18. The zero-order chi connectivity index (χ0) is 12.3. The Morgan fingerprint density at radius 2 is 1.88 bits per heavy atom. The topological polar surface area (TPSA) is 17.1 Å². The van der Waals surface area contributed by atoms with Gasteiger partial charge in [0, 0.05) is 15.4 Å². The van der Waals surface area contributed by atoms with Crippen molar-refractivity contribution in [2.24, 2.45) is 0 Å². The van der Waals surface area contributed by atoms with Gasteiger partial charge in [0.15, 0.2) is 0 Å². The number of hydrogen-bond donors (Lipinski definition) is 0. The molecule has 0 amide bonds. The molecule has 0 bridgehead atoms. The van der Waals surface area contributed by atoms with Crippen LogP contribution in [0.4, 0.5) is 0 Å². The number of hydrogen-bond acceptors (Lipinski definition) is 2. The van der Waals surface area contributed by atoms with Gasteiger partial charge in [-0.05, 0) is 43.7 Å². The van der Waals surface area contributed by atoms with Crippen LogP contribution in [0.2, 0.25) is 0 Å². The van der Waals surface area contributed by atoms with Crippen LogP contribution >= 0.6 is 11.8 Å². The highest BCUT2D eigenvalue weighted by molar-refractivity contribution is 7.99. The second kappa shape index (κ2) is 5.19. The van der Waals surface area contributed by atoms with Crippen molar-refractivity contribution in [3.63, 3.8) is 0 Å². The first-order chi connectivity index (χ1) is 8.19. The maximum absolute atomic E-state index is 10.7. The highest BCUT2D eigenvalue weighted by atomic mass is 32.2. The first kappa shape index (κ1) is 11.9. The third-order valence-electron chi connectivity index (χ3n) is 2.55. The molecule has 1 nitrogen and oxygen atoms in total. The van der Waals surface area contributed by atoms with Crippen molar-refractivity contribution in [1.82, 2.24) is 0 Å². The fourth-order valence-corrected chi connectivity index (χ4v) is 2.67. The molecule has 0 N–H and O–H groups in total. The van der Waals surface area contributed by atoms with E-state index in [1.807, 2.05) is 25.1 Å². The van der Waals surface area contributed by atoms with Crippen molar-refractivity contribution in [1.29, 1.82) is 0 Å². The highest BCUT2D eigenvalue weighted by Crippen LogP contribution is 2.30. The number of aryl methyl sites for hydroxylation is 2. The average molecular weight is 242 g/mol. The highest BCUT2D eigenvalue weighted by Gasteiger charge is 2.02. The standard InChI is InChI=1S/C15H14OS/c1-11-4-3-5-14(8-11)17-15-7-6-13(10-16)9-12(15)2/h3-10H,1-2H3. The van der Waals surface area contributed by atoms with Crippen LogP contribution in [0, 0.1) is 13.8 Å². The molecular weight excluding hydrogens is 228 g/mol. The summed E-state index contributed by atoms with van der Waals surface area (Å²) in [5, 5.41) is 0. The molecule has 0 saturated heterocycles. The molecule has 0 fully saturated rings. The lowest BCUT2D eigenvalue weighted by Gasteiger charge is -2.06. The lowest BCUT2D eigenvalue weighted by atomic mass is 10.2. The van der Waals surface area contributed by atoms with Crippen LogP contribution < -0.4 is 0 Å². The zero-order valence-electron chi connectivity index (χ0n) is 9.94. The molecule has 0 aliphatic carbocycles. The number of carbonyl (C=O) groups is 1. The minimum atomic E-state index is 0.732. The van der Waals surface area contributed by atoms with E-state index in [4.69, 9.17) is 0 Å². The first-order valence-corrected chi connectivity index (χ1v) is 6.31. The van der Waals surface area contributed by atoms with E-state index >= 15 is 0 Å². The van der Waals surface area contributed by atoms with Crippen molar-refractivity contribution in [3.8, 4) is 0 Å². The molecule has 0 spiro atoms. The molecule has 86 valence electrons. The smallest absolute Gasteiger partial charge is 0.150 e. The van der Waals surface area contributed by atoms with E-state index in [9.17, 15) is 4.79 Å². The normalized spacial score (nSPS) is 10.2. The van der Waals surface area contributed by atoms with E-state index in [-0.39, 0.29) is 0 Å². The Morgan fingerprint density at radius 1 is 1.06 bits per heavy atom. The van der Waals surface area contributed by atoms with Gasteiger partial charge in [-0.2, -0.15) is 0 Å². The quantitative estimate of drug-likeness (QED) is 0.748. The molecule has 0 unspecified atom stereocenters. The Morgan fingerprint density at radius 3 is 2.53 bits per heavy atom. The average Bonchev–Trinajstić information content (AvgIpc) is 2.32. The summed E-state index contributed by atoms with van der Waals surface area (Å²) in [4.78, 5) is 13.1. The van der Waals surface area contributed by atoms with Crippen molar-refractivity contribution in [3.05, 3.63) is 59.2 Å². The van der Waals surface area contributed by atoms with Crippen LogP contribution in [0.15, 0.2) is 52.3 Å². The molecule has 0 atom stereocenters. The molecule has 0 aliphatic rings. The monoisotopic (exact) mass is 242 g/mol. The van der Waals surface area contributed by atoms with E-state index < -0.39 is 0 Å². The second-order valence-electron chi connectivity index (χ2n) is 4.06. The van der Waals surface area contributed by atoms with Gasteiger partial charge in [0.05, 0.1) is 0 Å². The minimum Gasteiger partial charge on any atom is -0.298 e. The molecule has 17 heavy (non-hydrogen) atoms. The molecule has 2 heteroatoms. The maximum atomic E-state index is 10.7. The molecule has 0 aromatic heterocycles. The van der Waals surface area contributed by atoms with E-state index in [2.05, 4.69) is 31.2 Å². The van der Waals surface area contributed by atoms with Gasteiger partial charge in [-0.25, -0.2) is 0 Å². The maximum Gasteiger partial charge on any atom is 0.150 e. The molecule has 0 saturated carbocycles. The Balaban J connectivity index is 2.27. The van der Waals surface area contributed by atoms with Crippen LogP contribution in [0.1, 0.15) is 21.5 Å². The van der Waals surface area contributed by atoms with Gasteiger partial charge >= 0.3 is 0 Å². The molecule has 2 aromatic rings. The lowest BCUT2D eigenvalue weighted by molar-refractivity contribution is 0.112. The van der Waals surface area contributed by atoms with Crippen molar-refractivity contribution in [2.45, 2.75) is 23.6 Å². The third-order valence-corrected chi connectivity index (χ3v) is 3.72. The third kappa shape index (κ3) is 2.98. The van der Waals surface area contributed by atoms with Crippen molar-refractivity contribution in [2.75, 3.05) is 0 Å². The van der Waals surface area contributed by atoms with Gasteiger partial charge < -0.3 is 0 Å². The van der Waals surface area contributed by atoms with E-state index in [1.165, 1.54) is 15.4 Å². The summed E-state index contributed by atoms with van der Waals surface area (Å²) in [6.07, 6.45) is 0.883. The molecule has 0 heterocycles. The summed E-state index contributed by atoms with van der Waals surface area (Å²) in [5.74, 6) is 0. The first-order valence-electron chi connectivity index (χ1n) is 5.49. The number of carbonyl (C=O) groups excluding carboxylic acids is 1. The number of aldehydes is 1. The van der Waals surface area contributed by atoms with Gasteiger partial charge in [0.1, 0.15) is 6.29 Å². The summed E-state index contributed by atoms with van der Waals surface area (Å²) in [6, 6.07) is 14.2. The molecule has 2 aromatic carbocycles.